The smallest absolute Gasteiger partial charge is 0.413 e. The average molecular weight is 337 g/mol. The third-order valence-corrected chi connectivity index (χ3v) is 4.03. The monoisotopic (exact) mass is 337 g/mol. The summed E-state index contributed by atoms with van der Waals surface area (Å²) in [5.41, 5.74) is 1.86. The van der Waals surface area contributed by atoms with Crippen LogP contribution in [0.2, 0.25) is 0 Å². The molecule has 3 aromatic rings. The Morgan fingerprint density at radius 2 is 2.00 bits per heavy atom. The Kier molecular flexibility index (Phi) is 4.79. The number of aromatic nitrogens is 2. The van der Waals surface area contributed by atoms with Crippen LogP contribution in [0, 0.1) is 0 Å². The predicted molar refractivity (Wildman–Crippen MR) is 96.7 cm³/mol. The summed E-state index contributed by atoms with van der Waals surface area (Å²) >= 11 is 0. The van der Waals surface area contributed by atoms with Crippen LogP contribution in [-0.2, 0) is 0 Å². The van der Waals surface area contributed by atoms with Gasteiger partial charge in [0.25, 0.3) is 0 Å². The molecule has 0 atom stereocenters. The zero-order valence-corrected chi connectivity index (χ0v) is 13.9. The van der Waals surface area contributed by atoms with Gasteiger partial charge in [-0.15, -0.1) is 0 Å². The van der Waals surface area contributed by atoms with Crippen LogP contribution in [0.3, 0.4) is 0 Å². The van der Waals surface area contributed by atoms with Crippen molar-refractivity contribution in [1.29, 1.82) is 0 Å². The van der Waals surface area contributed by atoms with Gasteiger partial charge in [0.15, 0.2) is 0 Å². The molecule has 1 amide bonds. The van der Waals surface area contributed by atoms with E-state index in [0.717, 1.165) is 24.8 Å². The molecular formula is C19H19N3O3. The van der Waals surface area contributed by atoms with E-state index in [1.54, 1.807) is 22.9 Å². The van der Waals surface area contributed by atoms with Crippen molar-refractivity contribution in [3.05, 3.63) is 54.1 Å². The molecule has 6 nitrogen and oxygen atoms in total. The molecule has 128 valence electrons. The maximum atomic E-state index is 11.9. The number of rotatable bonds is 6. The number of unbranched alkanes of at least 4 members (excludes halogenated alkanes) is 1. The van der Waals surface area contributed by atoms with Gasteiger partial charge in [0.2, 0.25) is 0 Å². The fourth-order valence-electron chi connectivity index (χ4n) is 2.78. The third kappa shape index (κ3) is 3.24. The minimum Gasteiger partial charge on any atom is -0.465 e. The van der Waals surface area contributed by atoms with Gasteiger partial charge in [-0.05, 0) is 30.7 Å². The molecule has 6 heteroatoms. The minimum absolute atomic E-state index is 0.384. The Balaban J connectivity index is 2.25. The third-order valence-electron chi connectivity index (χ3n) is 4.03. The van der Waals surface area contributed by atoms with E-state index in [9.17, 15) is 14.7 Å². The molecule has 0 aliphatic heterocycles. The van der Waals surface area contributed by atoms with Gasteiger partial charge in [-0.25, -0.2) is 9.48 Å². The number of fused-ring (bicyclic) bond motifs is 1. The Bertz CT molecular complexity index is 903. The number of carbonyl (C=O) groups is 2. The number of hydrogen-bond acceptors (Lipinski definition) is 3. The normalized spacial score (nSPS) is 10.8. The van der Waals surface area contributed by atoms with Crippen LogP contribution < -0.4 is 4.90 Å². The Hall–Kier alpha value is -3.15. The molecule has 2 aromatic carbocycles. The predicted octanol–water partition coefficient (Wildman–Crippen LogP) is 4.12. The standard InChI is InChI=1S/C19H19N3O3/c1-2-3-11-21(19(24)25)18-16-10-9-14(13-23)12-17(16)20-22(18)15-7-5-4-6-8-15/h4-10,12-13H,2-3,11H2,1H3,(H,24,25). The molecule has 0 saturated heterocycles. The highest BCUT2D eigenvalue weighted by molar-refractivity contribution is 6.00. The number of nitrogens with zero attached hydrogens (tertiary/aromatic N) is 3. The van der Waals surface area contributed by atoms with E-state index in [-0.39, 0.29) is 0 Å². The molecule has 0 aliphatic carbocycles. The molecule has 3 rings (SSSR count). The zero-order valence-electron chi connectivity index (χ0n) is 13.9. The van der Waals surface area contributed by atoms with Crippen molar-refractivity contribution in [2.45, 2.75) is 19.8 Å². The van der Waals surface area contributed by atoms with E-state index in [4.69, 9.17) is 0 Å². The van der Waals surface area contributed by atoms with E-state index < -0.39 is 6.09 Å². The molecular weight excluding hydrogens is 318 g/mol. The number of amides is 1. The van der Waals surface area contributed by atoms with Crippen molar-refractivity contribution in [2.24, 2.45) is 0 Å². The van der Waals surface area contributed by atoms with E-state index in [2.05, 4.69) is 5.10 Å². The first-order valence-corrected chi connectivity index (χ1v) is 8.19. The number of para-hydroxylation sites is 1. The van der Waals surface area contributed by atoms with Crippen molar-refractivity contribution in [3.63, 3.8) is 0 Å². The number of benzene rings is 2. The van der Waals surface area contributed by atoms with E-state index >= 15 is 0 Å². The lowest BCUT2D eigenvalue weighted by Gasteiger charge is -2.20. The largest absolute Gasteiger partial charge is 0.465 e. The maximum absolute atomic E-state index is 11.9. The first-order chi connectivity index (χ1) is 12.2. The summed E-state index contributed by atoms with van der Waals surface area (Å²) in [6.45, 7) is 2.40. The van der Waals surface area contributed by atoms with E-state index in [1.165, 1.54) is 4.90 Å². The molecule has 0 aliphatic rings. The minimum atomic E-state index is -1.02. The van der Waals surface area contributed by atoms with Gasteiger partial charge in [0.05, 0.1) is 11.2 Å². The average Bonchev–Trinajstić information content (AvgIpc) is 3.01. The molecule has 1 heterocycles. The first kappa shape index (κ1) is 16.7. The highest BCUT2D eigenvalue weighted by Gasteiger charge is 2.23. The van der Waals surface area contributed by atoms with E-state index in [0.29, 0.717) is 28.8 Å². The van der Waals surface area contributed by atoms with Crippen LogP contribution in [-0.4, -0.2) is 33.8 Å². The van der Waals surface area contributed by atoms with Gasteiger partial charge in [-0.1, -0.05) is 37.6 Å². The van der Waals surface area contributed by atoms with Gasteiger partial charge < -0.3 is 5.11 Å². The summed E-state index contributed by atoms with van der Waals surface area (Å²) in [5, 5.41) is 15.0. The van der Waals surface area contributed by atoms with Gasteiger partial charge in [0.1, 0.15) is 12.1 Å². The second-order valence-electron chi connectivity index (χ2n) is 5.75. The molecule has 0 fully saturated rings. The molecule has 0 spiro atoms. The van der Waals surface area contributed by atoms with Crippen molar-refractivity contribution in [2.75, 3.05) is 11.4 Å². The second kappa shape index (κ2) is 7.17. The molecule has 1 N–H and O–H groups in total. The van der Waals surface area contributed by atoms with Crippen LogP contribution in [0.15, 0.2) is 48.5 Å². The number of hydrogen-bond donors (Lipinski definition) is 1. The number of carbonyl (C=O) groups excluding carboxylic acids is 1. The fourth-order valence-corrected chi connectivity index (χ4v) is 2.78. The van der Waals surface area contributed by atoms with Crippen LogP contribution in [0.25, 0.3) is 16.6 Å². The van der Waals surface area contributed by atoms with Crippen molar-refractivity contribution in [1.82, 2.24) is 9.78 Å². The van der Waals surface area contributed by atoms with Gasteiger partial charge in [-0.2, -0.15) is 5.10 Å². The summed E-state index contributed by atoms with van der Waals surface area (Å²) in [6.07, 6.45) is 1.37. The zero-order chi connectivity index (χ0) is 17.8. The second-order valence-corrected chi connectivity index (χ2v) is 5.75. The number of anilines is 1. The summed E-state index contributed by atoms with van der Waals surface area (Å²) < 4.78 is 1.63. The lowest BCUT2D eigenvalue weighted by Crippen LogP contribution is -2.32. The number of carboxylic acid groups (broad SMARTS) is 1. The lowest BCUT2D eigenvalue weighted by atomic mass is 10.1. The van der Waals surface area contributed by atoms with Crippen molar-refractivity contribution in [3.8, 4) is 5.69 Å². The van der Waals surface area contributed by atoms with Gasteiger partial charge in [0, 0.05) is 17.5 Å². The Labute approximate surface area is 145 Å². The van der Waals surface area contributed by atoms with Crippen molar-refractivity contribution >= 4 is 29.1 Å². The quantitative estimate of drug-likeness (QED) is 0.686. The molecule has 0 saturated carbocycles. The van der Waals surface area contributed by atoms with Crippen LogP contribution in [0.5, 0.6) is 0 Å². The van der Waals surface area contributed by atoms with Crippen LogP contribution in [0.1, 0.15) is 30.1 Å². The summed E-state index contributed by atoms with van der Waals surface area (Å²) in [5.74, 6) is 0.500. The molecule has 0 radical (unpaired) electrons. The highest BCUT2D eigenvalue weighted by Crippen LogP contribution is 2.30. The molecule has 0 unspecified atom stereocenters. The summed E-state index contributed by atoms with van der Waals surface area (Å²) in [4.78, 5) is 24.3. The lowest BCUT2D eigenvalue weighted by molar-refractivity contribution is 0.112. The maximum Gasteiger partial charge on any atom is 0.413 e. The Morgan fingerprint density at radius 3 is 2.64 bits per heavy atom. The first-order valence-electron chi connectivity index (χ1n) is 8.19. The fraction of sp³-hybridized carbons (Fsp3) is 0.211. The summed E-state index contributed by atoms with van der Waals surface area (Å²) in [7, 11) is 0. The van der Waals surface area contributed by atoms with Gasteiger partial charge >= 0.3 is 6.09 Å². The van der Waals surface area contributed by atoms with Crippen molar-refractivity contribution < 1.29 is 14.7 Å². The van der Waals surface area contributed by atoms with Gasteiger partial charge in [-0.3, -0.25) is 9.69 Å². The van der Waals surface area contributed by atoms with E-state index in [1.807, 2.05) is 37.3 Å². The molecule has 1 aromatic heterocycles. The highest BCUT2D eigenvalue weighted by atomic mass is 16.4. The molecule has 0 bridgehead atoms. The SMILES string of the molecule is CCCCN(C(=O)O)c1c2ccc(C=O)cc2nn1-c1ccccc1. The summed E-state index contributed by atoms with van der Waals surface area (Å²) in [6, 6.07) is 14.5. The molecule has 25 heavy (non-hydrogen) atoms. The number of aldehydes is 1. The topological polar surface area (TPSA) is 75.4 Å². The van der Waals surface area contributed by atoms with Crippen LogP contribution in [0.4, 0.5) is 10.6 Å². The Morgan fingerprint density at radius 1 is 1.24 bits per heavy atom. The van der Waals surface area contributed by atoms with Crippen LogP contribution >= 0.6 is 0 Å².